The molecule has 0 aliphatic rings. The Labute approximate surface area is 172 Å². The molecule has 3 rings (SSSR count). The van der Waals surface area contributed by atoms with E-state index in [9.17, 15) is 4.79 Å². The summed E-state index contributed by atoms with van der Waals surface area (Å²) in [6.45, 7) is 3.02. The molecule has 0 unspecified atom stereocenters. The quantitative estimate of drug-likeness (QED) is 0.410. The van der Waals surface area contributed by atoms with Crippen LogP contribution in [0.15, 0.2) is 60.8 Å². The lowest BCUT2D eigenvalue weighted by Crippen LogP contribution is -2.22. The Kier molecular flexibility index (Phi) is 7.65. The second-order valence-electron chi connectivity index (χ2n) is 6.83. The van der Waals surface area contributed by atoms with E-state index in [4.69, 9.17) is 4.74 Å². The highest BCUT2D eigenvalue weighted by molar-refractivity contribution is 5.97. The van der Waals surface area contributed by atoms with Crippen molar-refractivity contribution in [1.29, 1.82) is 0 Å². The summed E-state index contributed by atoms with van der Waals surface area (Å²) in [6, 6.07) is 17.2. The van der Waals surface area contributed by atoms with Crippen LogP contribution in [0.1, 0.15) is 48.5 Å². The van der Waals surface area contributed by atoms with E-state index in [-0.39, 0.29) is 5.91 Å². The van der Waals surface area contributed by atoms with E-state index in [1.54, 1.807) is 12.3 Å². The SMILES string of the molecule is CC#CCCCCCOc1cccc(CNC(=O)c2ccc3ncccc3c2)c1. The van der Waals surface area contributed by atoms with Gasteiger partial charge in [-0.05, 0) is 68.1 Å². The molecule has 4 nitrogen and oxygen atoms in total. The number of benzene rings is 2. The fraction of sp³-hybridized carbons (Fsp3) is 0.280. The molecular formula is C25H26N2O2. The average molecular weight is 386 g/mol. The number of carbonyl (C=O) groups is 1. The van der Waals surface area contributed by atoms with Crippen molar-refractivity contribution in [1.82, 2.24) is 10.3 Å². The first-order valence-electron chi connectivity index (χ1n) is 10.0. The molecule has 0 fully saturated rings. The summed E-state index contributed by atoms with van der Waals surface area (Å²) in [5, 5.41) is 3.93. The van der Waals surface area contributed by atoms with Crippen molar-refractivity contribution < 1.29 is 9.53 Å². The predicted molar refractivity (Wildman–Crippen MR) is 117 cm³/mol. The lowest BCUT2D eigenvalue weighted by molar-refractivity contribution is 0.0951. The van der Waals surface area contributed by atoms with Crippen LogP contribution in [0.3, 0.4) is 0 Å². The number of hydrogen-bond acceptors (Lipinski definition) is 3. The molecule has 0 atom stereocenters. The fourth-order valence-corrected chi connectivity index (χ4v) is 3.05. The van der Waals surface area contributed by atoms with Gasteiger partial charge in [-0.1, -0.05) is 18.2 Å². The fourth-order valence-electron chi connectivity index (χ4n) is 3.05. The van der Waals surface area contributed by atoms with Crippen molar-refractivity contribution in [3.63, 3.8) is 0 Å². The molecule has 0 radical (unpaired) electrons. The van der Waals surface area contributed by atoms with Gasteiger partial charge in [0.2, 0.25) is 0 Å². The first-order valence-corrected chi connectivity index (χ1v) is 10.0. The van der Waals surface area contributed by atoms with Gasteiger partial charge >= 0.3 is 0 Å². The highest BCUT2D eigenvalue weighted by atomic mass is 16.5. The number of hydrogen-bond donors (Lipinski definition) is 1. The molecule has 2 aromatic carbocycles. The van der Waals surface area contributed by atoms with Crippen LogP contribution in [0.2, 0.25) is 0 Å². The van der Waals surface area contributed by atoms with Crippen LogP contribution in [0.25, 0.3) is 10.9 Å². The zero-order chi connectivity index (χ0) is 20.3. The zero-order valence-corrected chi connectivity index (χ0v) is 16.8. The van der Waals surface area contributed by atoms with Crippen LogP contribution >= 0.6 is 0 Å². The van der Waals surface area contributed by atoms with Gasteiger partial charge in [0.15, 0.2) is 0 Å². The molecule has 1 aromatic heterocycles. The number of pyridine rings is 1. The van der Waals surface area contributed by atoms with Gasteiger partial charge in [-0.25, -0.2) is 0 Å². The Balaban J connectivity index is 1.47. The van der Waals surface area contributed by atoms with Gasteiger partial charge in [0, 0.05) is 30.1 Å². The number of unbranched alkanes of at least 4 members (excludes halogenated alkanes) is 3. The molecule has 1 heterocycles. The molecule has 148 valence electrons. The molecule has 0 spiro atoms. The summed E-state index contributed by atoms with van der Waals surface area (Å²) in [5.74, 6) is 6.73. The summed E-state index contributed by atoms with van der Waals surface area (Å²) in [4.78, 5) is 16.8. The lowest BCUT2D eigenvalue weighted by Gasteiger charge is -2.09. The number of amides is 1. The number of rotatable bonds is 9. The summed E-state index contributed by atoms with van der Waals surface area (Å²) in [7, 11) is 0. The standard InChI is InChI=1S/C25H26N2O2/c1-2-3-4-5-6-7-16-29-23-12-8-10-20(17-23)19-27-25(28)22-13-14-24-21(18-22)11-9-15-26-24/h8-15,17-18H,4-7,16,19H2,1H3,(H,27,28). The molecule has 1 N–H and O–H groups in total. The van der Waals surface area contributed by atoms with Crippen LogP contribution in [0, 0.1) is 11.8 Å². The van der Waals surface area contributed by atoms with E-state index in [0.29, 0.717) is 18.7 Å². The Morgan fingerprint density at radius 3 is 2.90 bits per heavy atom. The molecule has 29 heavy (non-hydrogen) atoms. The van der Waals surface area contributed by atoms with E-state index in [2.05, 4.69) is 22.1 Å². The Morgan fingerprint density at radius 1 is 1.07 bits per heavy atom. The van der Waals surface area contributed by atoms with E-state index in [0.717, 1.165) is 47.9 Å². The number of nitrogens with one attached hydrogen (secondary N) is 1. The third kappa shape index (κ3) is 6.36. The van der Waals surface area contributed by atoms with Gasteiger partial charge in [-0.3, -0.25) is 9.78 Å². The number of nitrogens with zero attached hydrogens (tertiary/aromatic N) is 1. The summed E-state index contributed by atoms with van der Waals surface area (Å²) in [5.41, 5.74) is 2.52. The lowest BCUT2D eigenvalue weighted by atomic mass is 10.1. The van der Waals surface area contributed by atoms with Gasteiger partial charge < -0.3 is 10.1 Å². The van der Waals surface area contributed by atoms with Crippen LogP contribution in [-0.4, -0.2) is 17.5 Å². The van der Waals surface area contributed by atoms with Crippen molar-refractivity contribution in [3.8, 4) is 17.6 Å². The number of fused-ring (bicyclic) bond motifs is 1. The molecule has 3 aromatic rings. The maximum absolute atomic E-state index is 12.5. The Morgan fingerprint density at radius 2 is 2.00 bits per heavy atom. The molecule has 0 saturated carbocycles. The summed E-state index contributed by atoms with van der Waals surface area (Å²) < 4.78 is 5.84. The topological polar surface area (TPSA) is 51.2 Å². The van der Waals surface area contributed by atoms with Gasteiger partial charge in [-0.2, -0.15) is 0 Å². The number of carbonyl (C=O) groups excluding carboxylic acids is 1. The third-order valence-electron chi connectivity index (χ3n) is 4.61. The maximum atomic E-state index is 12.5. The van der Waals surface area contributed by atoms with Crippen molar-refractivity contribution in [2.24, 2.45) is 0 Å². The first-order chi connectivity index (χ1) is 14.3. The Hall–Kier alpha value is -3.32. The maximum Gasteiger partial charge on any atom is 0.251 e. The van der Waals surface area contributed by atoms with Crippen molar-refractivity contribution in [2.45, 2.75) is 39.2 Å². The predicted octanol–water partition coefficient (Wildman–Crippen LogP) is 5.13. The minimum atomic E-state index is -0.0998. The molecule has 4 heteroatoms. The Bertz CT molecular complexity index is 1020. The van der Waals surface area contributed by atoms with Crippen LogP contribution in [-0.2, 0) is 6.54 Å². The normalized spacial score (nSPS) is 10.2. The summed E-state index contributed by atoms with van der Waals surface area (Å²) >= 11 is 0. The first kappa shape index (κ1) is 20.4. The van der Waals surface area contributed by atoms with Crippen LogP contribution in [0.4, 0.5) is 0 Å². The van der Waals surface area contributed by atoms with Crippen molar-refractivity contribution >= 4 is 16.8 Å². The molecule has 0 aliphatic heterocycles. The van der Waals surface area contributed by atoms with Gasteiger partial charge in [-0.15, -0.1) is 11.8 Å². The second-order valence-corrected chi connectivity index (χ2v) is 6.83. The van der Waals surface area contributed by atoms with Crippen LogP contribution in [0.5, 0.6) is 5.75 Å². The van der Waals surface area contributed by atoms with Crippen molar-refractivity contribution in [2.75, 3.05) is 6.61 Å². The van der Waals surface area contributed by atoms with E-state index >= 15 is 0 Å². The minimum Gasteiger partial charge on any atom is -0.494 e. The molecule has 0 aliphatic carbocycles. The number of aromatic nitrogens is 1. The number of ether oxygens (including phenoxy) is 1. The molecular weight excluding hydrogens is 360 g/mol. The second kappa shape index (κ2) is 10.9. The van der Waals surface area contributed by atoms with Gasteiger partial charge in [0.25, 0.3) is 5.91 Å². The molecule has 1 amide bonds. The largest absolute Gasteiger partial charge is 0.494 e. The van der Waals surface area contributed by atoms with E-state index < -0.39 is 0 Å². The van der Waals surface area contributed by atoms with Gasteiger partial charge in [0.1, 0.15) is 5.75 Å². The molecule has 0 saturated heterocycles. The molecule has 0 bridgehead atoms. The highest BCUT2D eigenvalue weighted by Crippen LogP contribution is 2.16. The van der Waals surface area contributed by atoms with Crippen molar-refractivity contribution in [3.05, 3.63) is 71.9 Å². The van der Waals surface area contributed by atoms with E-state index in [1.807, 2.05) is 55.5 Å². The smallest absolute Gasteiger partial charge is 0.251 e. The third-order valence-corrected chi connectivity index (χ3v) is 4.61. The zero-order valence-electron chi connectivity index (χ0n) is 16.8. The monoisotopic (exact) mass is 386 g/mol. The average Bonchev–Trinajstić information content (AvgIpc) is 2.77. The summed E-state index contributed by atoms with van der Waals surface area (Å²) in [6.07, 6.45) is 5.95. The minimum absolute atomic E-state index is 0.0998. The highest BCUT2D eigenvalue weighted by Gasteiger charge is 2.07. The van der Waals surface area contributed by atoms with E-state index in [1.165, 1.54) is 0 Å². The van der Waals surface area contributed by atoms with Gasteiger partial charge in [0.05, 0.1) is 12.1 Å². The van der Waals surface area contributed by atoms with Crippen LogP contribution < -0.4 is 10.1 Å².